The SMILES string of the molecule is COc1ccc(C2=NNC(=O)CCC2)cc1. The molecule has 0 unspecified atom stereocenters. The van der Waals surface area contributed by atoms with Crippen molar-refractivity contribution in [3.63, 3.8) is 0 Å². The van der Waals surface area contributed by atoms with E-state index in [1.165, 1.54) is 0 Å². The van der Waals surface area contributed by atoms with Crippen molar-refractivity contribution in [1.29, 1.82) is 0 Å². The molecule has 0 fully saturated rings. The summed E-state index contributed by atoms with van der Waals surface area (Å²) in [7, 11) is 1.64. The van der Waals surface area contributed by atoms with Gasteiger partial charge in [-0.2, -0.15) is 5.10 Å². The fourth-order valence-electron chi connectivity index (χ4n) is 1.65. The molecular weight excluding hydrogens is 204 g/mol. The van der Waals surface area contributed by atoms with Crippen LogP contribution < -0.4 is 10.2 Å². The minimum atomic E-state index is -0.0106. The lowest BCUT2D eigenvalue weighted by molar-refractivity contribution is -0.120. The number of nitrogens with one attached hydrogen (secondary N) is 1. The molecule has 0 atom stereocenters. The minimum absolute atomic E-state index is 0.0106. The summed E-state index contributed by atoms with van der Waals surface area (Å²) in [6, 6.07) is 7.69. The van der Waals surface area contributed by atoms with Gasteiger partial charge in [0.15, 0.2) is 0 Å². The van der Waals surface area contributed by atoms with Gasteiger partial charge in [0.25, 0.3) is 0 Å². The zero-order valence-electron chi connectivity index (χ0n) is 9.19. The highest BCUT2D eigenvalue weighted by Crippen LogP contribution is 2.15. The van der Waals surface area contributed by atoms with Gasteiger partial charge in [-0.25, -0.2) is 5.43 Å². The molecule has 0 aliphatic carbocycles. The number of rotatable bonds is 2. The van der Waals surface area contributed by atoms with E-state index in [0.29, 0.717) is 6.42 Å². The second-order valence-corrected chi connectivity index (χ2v) is 3.68. The quantitative estimate of drug-likeness (QED) is 0.821. The average molecular weight is 218 g/mol. The van der Waals surface area contributed by atoms with Crippen LogP contribution in [0.1, 0.15) is 24.8 Å². The fraction of sp³-hybridized carbons (Fsp3) is 0.333. The van der Waals surface area contributed by atoms with E-state index in [4.69, 9.17) is 4.74 Å². The standard InChI is InChI=1S/C12H14N2O2/c1-16-10-7-5-9(6-8-10)11-3-2-4-12(15)14-13-11/h5-8H,2-4H2,1H3,(H,14,15). The predicted molar refractivity (Wildman–Crippen MR) is 61.5 cm³/mol. The van der Waals surface area contributed by atoms with Crippen LogP contribution in [0.3, 0.4) is 0 Å². The third kappa shape index (κ3) is 2.39. The van der Waals surface area contributed by atoms with Gasteiger partial charge in [-0.15, -0.1) is 0 Å². The second kappa shape index (κ2) is 4.79. The third-order valence-electron chi connectivity index (χ3n) is 2.56. The van der Waals surface area contributed by atoms with Gasteiger partial charge < -0.3 is 4.74 Å². The number of carbonyl (C=O) groups is 1. The topological polar surface area (TPSA) is 50.7 Å². The van der Waals surface area contributed by atoms with Crippen LogP contribution >= 0.6 is 0 Å². The Morgan fingerprint density at radius 1 is 1.25 bits per heavy atom. The molecule has 16 heavy (non-hydrogen) atoms. The molecule has 1 aromatic rings. The molecule has 0 saturated heterocycles. The Kier molecular flexibility index (Phi) is 3.19. The number of hydrazone groups is 1. The van der Waals surface area contributed by atoms with Crippen molar-refractivity contribution < 1.29 is 9.53 Å². The normalized spacial score (nSPS) is 16.1. The number of amides is 1. The number of benzene rings is 1. The van der Waals surface area contributed by atoms with Crippen molar-refractivity contribution in [2.24, 2.45) is 5.10 Å². The summed E-state index contributed by atoms with van der Waals surface area (Å²) in [5, 5.41) is 4.11. The van der Waals surface area contributed by atoms with Crippen LogP contribution in [0.4, 0.5) is 0 Å². The van der Waals surface area contributed by atoms with Gasteiger partial charge in [0.1, 0.15) is 5.75 Å². The van der Waals surface area contributed by atoms with Gasteiger partial charge in [-0.3, -0.25) is 4.79 Å². The van der Waals surface area contributed by atoms with E-state index in [2.05, 4.69) is 10.5 Å². The zero-order valence-corrected chi connectivity index (χ0v) is 9.19. The molecule has 0 spiro atoms. The van der Waals surface area contributed by atoms with Crippen molar-refractivity contribution in [2.75, 3.05) is 7.11 Å². The van der Waals surface area contributed by atoms with Gasteiger partial charge in [-0.05, 0) is 42.7 Å². The zero-order chi connectivity index (χ0) is 11.4. The van der Waals surface area contributed by atoms with Gasteiger partial charge in [0.2, 0.25) is 5.91 Å². The lowest BCUT2D eigenvalue weighted by Crippen LogP contribution is -2.15. The first-order valence-corrected chi connectivity index (χ1v) is 5.29. The van der Waals surface area contributed by atoms with Crippen LogP contribution in [-0.2, 0) is 4.79 Å². The molecule has 1 aromatic carbocycles. The monoisotopic (exact) mass is 218 g/mol. The summed E-state index contributed by atoms with van der Waals surface area (Å²) < 4.78 is 5.09. The number of hydrogen-bond acceptors (Lipinski definition) is 3. The van der Waals surface area contributed by atoms with E-state index in [9.17, 15) is 4.79 Å². The Hall–Kier alpha value is -1.84. The van der Waals surface area contributed by atoms with Crippen molar-refractivity contribution >= 4 is 11.6 Å². The molecule has 2 rings (SSSR count). The van der Waals surface area contributed by atoms with E-state index >= 15 is 0 Å². The summed E-state index contributed by atoms with van der Waals surface area (Å²) in [6.45, 7) is 0. The lowest BCUT2D eigenvalue weighted by atomic mass is 10.0. The molecule has 0 radical (unpaired) electrons. The summed E-state index contributed by atoms with van der Waals surface area (Å²) >= 11 is 0. The summed E-state index contributed by atoms with van der Waals surface area (Å²) in [5.74, 6) is 0.811. The number of methoxy groups -OCH3 is 1. The molecule has 0 bridgehead atoms. The van der Waals surface area contributed by atoms with Gasteiger partial charge >= 0.3 is 0 Å². The number of hydrogen-bond donors (Lipinski definition) is 1. The Morgan fingerprint density at radius 3 is 2.69 bits per heavy atom. The highest BCUT2D eigenvalue weighted by atomic mass is 16.5. The first-order chi connectivity index (χ1) is 7.79. The lowest BCUT2D eigenvalue weighted by Gasteiger charge is -2.04. The Bertz CT molecular complexity index is 410. The van der Waals surface area contributed by atoms with Crippen molar-refractivity contribution in [3.05, 3.63) is 29.8 Å². The Morgan fingerprint density at radius 2 is 2.00 bits per heavy atom. The van der Waals surface area contributed by atoms with Crippen LogP contribution in [0.2, 0.25) is 0 Å². The van der Waals surface area contributed by atoms with Crippen LogP contribution in [-0.4, -0.2) is 18.7 Å². The largest absolute Gasteiger partial charge is 0.497 e. The Balaban J connectivity index is 2.19. The molecule has 1 aliphatic heterocycles. The first-order valence-electron chi connectivity index (χ1n) is 5.29. The third-order valence-corrected chi connectivity index (χ3v) is 2.56. The van der Waals surface area contributed by atoms with E-state index in [-0.39, 0.29) is 5.91 Å². The fourth-order valence-corrected chi connectivity index (χ4v) is 1.65. The average Bonchev–Trinajstić information content (AvgIpc) is 2.54. The minimum Gasteiger partial charge on any atom is -0.497 e. The van der Waals surface area contributed by atoms with Crippen molar-refractivity contribution in [2.45, 2.75) is 19.3 Å². The molecule has 84 valence electrons. The first kappa shape index (κ1) is 10.7. The maximum Gasteiger partial charge on any atom is 0.240 e. The van der Waals surface area contributed by atoms with E-state index in [1.807, 2.05) is 24.3 Å². The highest BCUT2D eigenvalue weighted by Gasteiger charge is 2.10. The smallest absolute Gasteiger partial charge is 0.240 e. The molecule has 1 aliphatic rings. The number of nitrogens with zero attached hydrogens (tertiary/aromatic N) is 1. The highest BCUT2D eigenvalue weighted by molar-refractivity contribution is 6.01. The number of carbonyl (C=O) groups excluding carboxylic acids is 1. The number of ether oxygens (including phenoxy) is 1. The summed E-state index contributed by atoms with van der Waals surface area (Å²) in [4.78, 5) is 11.1. The van der Waals surface area contributed by atoms with E-state index in [1.54, 1.807) is 7.11 Å². The van der Waals surface area contributed by atoms with Crippen molar-refractivity contribution in [1.82, 2.24) is 5.43 Å². The molecule has 1 amide bonds. The molecule has 4 heteroatoms. The van der Waals surface area contributed by atoms with Crippen LogP contribution in [0.25, 0.3) is 0 Å². The Labute approximate surface area is 94.3 Å². The molecule has 0 saturated carbocycles. The summed E-state index contributed by atoms with van der Waals surface area (Å²) in [5.41, 5.74) is 4.49. The molecule has 1 heterocycles. The molecular formula is C12H14N2O2. The van der Waals surface area contributed by atoms with Crippen LogP contribution in [0, 0.1) is 0 Å². The van der Waals surface area contributed by atoms with E-state index in [0.717, 1.165) is 29.9 Å². The maximum atomic E-state index is 11.1. The van der Waals surface area contributed by atoms with Gasteiger partial charge in [-0.1, -0.05) is 0 Å². The second-order valence-electron chi connectivity index (χ2n) is 3.68. The predicted octanol–water partition coefficient (Wildman–Crippen LogP) is 1.70. The molecule has 1 N–H and O–H groups in total. The van der Waals surface area contributed by atoms with Crippen LogP contribution in [0.15, 0.2) is 29.4 Å². The molecule has 4 nitrogen and oxygen atoms in total. The van der Waals surface area contributed by atoms with Gasteiger partial charge in [0, 0.05) is 6.42 Å². The maximum absolute atomic E-state index is 11.1. The van der Waals surface area contributed by atoms with E-state index < -0.39 is 0 Å². The summed E-state index contributed by atoms with van der Waals surface area (Å²) in [6.07, 6.45) is 2.21. The molecule has 0 aromatic heterocycles. The van der Waals surface area contributed by atoms with Crippen LogP contribution in [0.5, 0.6) is 5.75 Å². The van der Waals surface area contributed by atoms with Gasteiger partial charge in [0.05, 0.1) is 12.8 Å². The van der Waals surface area contributed by atoms with Crippen molar-refractivity contribution in [3.8, 4) is 5.75 Å².